The maximum absolute atomic E-state index is 13.2. The molecule has 4 aromatic carbocycles. The molecule has 34 heavy (non-hydrogen) atoms. The quantitative estimate of drug-likeness (QED) is 0.277. The fraction of sp³-hybridized carbons (Fsp3) is 0.0769. The molecule has 0 saturated heterocycles. The molecular weight excluding hydrogens is 496 g/mol. The van der Waals surface area contributed by atoms with Crippen LogP contribution in [0.1, 0.15) is 5.56 Å². The molecule has 0 radical (unpaired) electrons. The third-order valence-corrected chi connectivity index (χ3v) is 7.64. The van der Waals surface area contributed by atoms with E-state index in [2.05, 4.69) is 62.1 Å². The van der Waals surface area contributed by atoms with Crippen molar-refractivity contribution in [3.8, 4) is 22.3 Å². The van der Waals surface area contributed by atoms with E-state index in [4.69, 9.17) is 0 Å². The number of aryl methyl sites for hydroxylation is 1. The molecule has 4 nitrogen and oxygen atoms in total. The molecule has 0 spiro atoms. The van der Waals surface area contributed by atoms with Crippen LogP contribution in [-0.4, -0.2) is 7.05 Å². The van der Waals surface area contributed by atoms with Crippen molar-refractivity contribution in [1.82, 2.24) is 0 Å². The molecule has 0 aliphatic rings. The molecule has 0 amide bonds. The van der Waals surface area contributed by atoms with Gasteiger partial charge in [-0.25, -0.2) is 0 Å². The molecule has 4 rings (SSSR count). The van der Waals surface area contributed by atoms with Gasteiger partial charge in [0.2, 0.25) is 0 Å². The highest BCUT2D eigenvalue weighted by Gasteiger charge is 2.11. The summed E-state index contributed by atoms with van der Waals surface area (Å²) in [5, 5.41) is 30.5. The summed E-state index contributed by atoms with van der Waals surface area (Å²) < 4.78 is 0. The van der Waals surface area contributed by atoms with Crippen LogP contribution in [0.4, 0.5) is 17.1 Å². The van der Waals surface area contributed by atoms with Crippen molar-refractivity contribution in [3.05, 3.63) is 88.8 Å². The van der Waals surface area contributed by atoms with Crippen LogP contribution >= 0.6 is 37.0 Å². The van der Waals surface area contributed by atoms with Gasteiger partial charge in [-0.15, -0.1) is 37.0 Å². The van der Waals surface area contributed by atoms with Crippen LogP contribution in [-0.2, 0) is 0 Å². The second kappa shape index (κ2) is 10.4. The zero-order valence-electron chi connectivity index (χ0n) is 18.9. The van der Waals surface area contributed by atoms with E-state index in [0.29, 0.717) is 17.1 Å². The zero-order valence-corrected chi connectivity index (χ0v) is 23.6. The van der Waals surface area contributed by atoms with Crippen molar-refractivity contribution in [2.75, 3.05) is 17.2 Å². The minimum atomic E-state index is 0.550. The van der Waals surface area contributed by atoms with Crippen molar-refractivity contribution in [2.24, 2.45) is 0 Å². The van der Waals surface area contributed by atoms with Gasteiger partial charge in [-0.1, -0.05) is 42.0 Å². The van der Waals surface area contributed by atoms with Crippen molar-refractivity contribution in [1.29, 1.82) is 0 Å². The van der Waals surface area contributed by atoms with Crippen LogP contribution in [0.3, 0.4) is 0 Å². The molecule has 0 saturated carbocycles. The van der Waals surface area contributed by atoms with Gasteiger partial charge in [0.05, 0.1) is 0 Å². The largest absolute Gasteiger partial charge is 0.758 e. The van der Waals surface area contributed by atoms with Crippen LogP contribution in [0.25, 0.3) is 22.3 Å². The number of hydroxylamine groups is 1. The van der Waals surface area contributed by atoms with Crippen LogP contribution in [0.2, 0.25) is 0 Å². The van der Waals surface area contributed by atoms with Crippen LogP contribution in [0.15, 0.2) is 72.8 Å². The molecule has 0 aliphatic heterocycles. The third kappa shape index (κ3) is 5.19. The molecule has 0 aliphatic carbocycles. The van der Waals surface area contributed by atoms with E-state index in [1.54, 1.807) is 6.07 Å². The maximum atomic E-state index is 13.2. The number of hydrogen-bond acceptors (Lipinski definition) is 4. The van der Waals surface area contributed by atoms with Gasteiger partial charge in [-0.05, 0) is 93.8 Å². The van der Waals surface area contributed by atoms with Crippen LogP contribution < -0.4 is 31.3 Å². The Morgan fingerprint density at radius 3 is 1.26 bits per heavy atom. The lowest BCUT2D eigenvalue weighted by Crippen LogP contribution is -2.13. The highest BCUT2D eigenvalue weighted by atomic mass is 31.0. The summed E-state index contributed by atoms with van der Waals surface area (Å²) in [6, 6.07) is 23.3. The Balaban J connectivity index is 1.63. The van der Waals surface area contributed by atoms with E-state index >= 15 is 0 Å². The predicted octanol–water partition coefficient (Wildman–Crippen LogP) is 4.90. The molecule has 0 aromatic heterocycles. The van der Waals surface area contributed by atoms with Gasteiger partial charge in [0.15, 0.2) is 0 Å². The number of hydrogen-bond donors (Lipinski definition) is 0. The van der Waals surface area contributed by atoms with E-state index in [1.165, 1.54) is 12.6 Å². The van der Waals surface area contributed by atoms with E-state index in [1.807, 2.05) is 48.5 Å². The first-order chi connectivity index (χ1) is 16.2. The average molecular weight is 522 g/mol. The van der Waals surface area contributed by atoms with Crippen LogP contribution in [0.5, 0.6) is 0 Å². The SMILES string of the molecule is Cc1ccc(-c2ccc(N([O-])c3ccc(-c4ccc(N(C)[O-])cc4P)c(P)c3)cc2P)c(P)c1. The Labute approximate surface area is 210 Å². The molecule has 174 valence electrons. The first kappa shape index (κ1) is 25.2. The first-order valence-electron chi connectivity index (χ1n) is 10.6. The highest BCUT2D eigenvalue weighted by molar-refractivity contribution is 7.29. The highest BCUT2D eigenvalue weighted by Crippen LogP contribution is 2.30. The van der Waals surface area contributed by atoms with Gasteiger partial charge in [0.1, 0.15) is 0 Å². The predicted molar refractivity (Wildman–Crippen MR) is 163 cm³/mol. The van der Waals surface area contributed by atoms with Crippen molar-refractivity contribution < 1.29 is 0 Å². The second-order valence-electron chi connectivity index (χ2n) is 8.20. The average Bonchev–Trinajstić information content (AvgIpc) is 2.79. The molecule has 0 bridgehead atoms. The fourth-order valence-electron chi connectivity index (χ4n) is 3.91. The number of anilines is 3. The molecule has 0 fully saturated rings. The normalized spacial score (nSPS) is 10.9. The molecule has 0 heterocycles. The molecular formula is C26H26N2O2P4-2. The van der Waals surface area contributed by atoms with Gasteiger partial charge in [-0.3, -0.25) is 0 Å². The molecule has 0 N–H and O–H groups in total. The maximum Gasteiger partial charge on any atom is 0.0310 e. The number of rotatable bonds is 5. The van der Waals surface area contributed by atoms with E-state index in [-0.39, 0.29) is 0 Å². The topological polar surface area (TPSA) is 52.6 Å². The summed E-state index contributed by atoms with van der Waals surface area (Å²) in [6.07, 6.45) is 0. The summed E-state index contributed by atoms with van der Waals surface area (Å²) >= 11 is 0. The minimum absolute atomic E-state index is 0.550. The molecule has 8 heteroatoms. The smallest absolute Gasteiger partial charge is 0.0310 e. The lowest BCUT2D eigenvalue weighted by molar-refractivity contribution is 1.22. The molecule has 4 atom stereocenters. The van der Waals surface area contributed by atoms with Gasteiger partial charge in [-0.2, -0.15) is 0 Å². The lowest BCUT2D eigenvalue weighted by atomic mass is 10.0. The second-order valence-corrected chi connectivity index (χ2v) is 10.7. The van der Waals surface area contributed by atoms with Gasteiger partial charge in [0, 0.05) is 17.1 Å². The monoisotopic (exact) mass is 522 g/mol. The Morgan fingerprint density at radius 1 is 0.529 bits per heavy atom. The summed E-state index contributed by atoms with van der Waals surface area (Å²) in [4.78, 5) is 0. The van der Waals surface area contributed by atoms with Crippen molar-refractivity contribution in [3.63, 3.8) is 0 Å². The van der Waals surface area contributed by atoms with Crippen molar-refractivity contribution in [2.45, 2.75) is 6.92 Å². The summed E-state index contributed by atoms with van der Waals surface area (Å²) in [7, 11) is 12.4. The van der Waals surface area contributed by atoms with E-state index in [9.17, 15) is 10.4 Å². The van der Waals surface area contributed by atoms with Crippen molar-refractivity contribution >= 4 is 75.2 Å². The molecule has 4 unspecified atom stereocenters. The Hall–Kier alpha value is -1.88. The summed E-state index contributed by atoms with van der Waals surface area (Å²) in [5.41, 5.74) is 7.11. The molecule has 4 aromatic rings. The van der Waals surface area contributed by atoms with Gasteiger partial charge >= 0.3 is 0 Å². The van der Waals surface area contributed by atoms with E-state index in [0.717, 1.165) is 53.6 Å². The lowest BCUT2D eigenvalue weighted by Gasteiger charge is -2.32. The van der Waals surface area contributed by atoms with Gasteiger partial charge < -0.3 is 20.5 Å². The van der Waals surface area contributed by atoms with Crippen LogP contribution in [0, 0.1) is 17.3 Å². The zero-order chi connectivity index (χ0) is 24.6. The fourth-order valence-corrected chi connectivity index (χ4v) is 5.69. The summed E-state index contributed by atoms with van der Waals surface area (Å²) in [5.74, 6) is 0. The minimum Gasteiger partial charge on any atom is -0.758 e. The Morgan fingerprint density at radius 2 is 0.882 bits per heavy atom. The Bertz CT molecular complexity index is 1380. The number of benzene rings is 4. The first-order valence-corrected chi connectivity index (χ1v) is 12.9. The van der Waals surface area contributed by atoms with E-state index < -0.39 is 0 Å². The number of nitrogens with zero attached hydrogens (tertiary/aromatic N) is 2. The third-order valence-electron chi connectivity index (χ3n) is 5.73. The standard InChI is InChI=1S/C26H26N2O2P4/c1-15-3-7-19(23(31)11-15)21-9-5-17(13-25(21)33)28(30)18-6-10-22(26(34)14-18)20-8-4-16(27(2)29)12-24(20)32/h3-14H,31-34H2,1-2H3/q-2. The van der Waals surface area contributed by atoms with Gasteiger partial charge in [0.25, 0.3) is 0 Å². The Kier molecular flexibility index (Phi) is 7.71. The summed E-state index contributed by atoms with van der Waals surface area (Å²) in [6.45, 7) is 2.07.